The summed E-state index contributed by atoms with van der Waals surface area (Å²) in [5.74, 6) is 2.10. The van der Waals surface area contributed by atoms with Crippen molar-refractivity contribution in [2.75, 3.05) is 13.2 Å². The van der Waals surface area contributed by atoms with E-state index in [9.17, 15) is 0 Å². The lowest BCUT2D eigenvalue weighted by molar-refractivity contribution is 0.215. The first-order valence-corrected chi connectivity index (χ1v) is 7.32. The van der Waals surface area contributed by atoms with E-state index in [1.807, 2.05) is 42.5 Å². The molecule has 116 valence electrons. The molecule has 2 rings (SSSR count). The lowest BCUT2D eigenvalue weighted by Crippen LogP contribution is -2.10. The van der Waals surface area contributed by atoms with Gasteiger partial charge >= 0.3 is 0 Å². The van der Waals surface area contributed by atoms with Crippen molar-refractivity contribution in [1.82, 2.24) is 0 Å². The summed E-state index contributed by atoms with van der Waals surface area (Å²) in [5.41, 5.74) is 2.02. The van der Waals surface area contributed by atoms with Gasteiger partial charge in [-0.1, -0.05) is 37.2 Å². The van der Waals surface area contributed by atoms with Gasteiger partial charge in [0.2, 0.25) is 0 Å². The Labute approximate surface area is 131 Å². The van der Waals surface area contributed by atoms with Crippen molar-refractivity contribution in [3.63, 3.8) is 0 Å². The monoisotopic (exact) mass is 299 g/mol. The van der Waals surface area contributed by atoms with Crippen molar-refractivity contribution >= 4 is 6.21 Å². The second kappa shape index (κ2) is 8.08. The number of hydrogen-bond acceptors (Lipinski definition) is 4. The number of ether oxygens (including phenoxy) is 2. The highest BCUT2D eigenvalue weighted by Gasteiger charge is 2.06. The molecule has 0 aromatic heterocycles. The molecule has 4 nitrogen and oxygen atoms in total. The van der Waals surface area contributed by atoms with Crippen LogP contribution in [-0.4, -0.2) is 24.6 Å². The zero-order valence-electron chi connectivity index (χ0n) is 12.9. The fourth-order valence-corrected chi connectivity index (χ4v) is 2.12. The molecule has 4 heteroatoms. The fraction of sp³-hybridized carbons (Fsp3) is 0.278. The molecule has 1 N–H and O–H groups in total. The number of benzene rings is 2. The molecule has 0 saturated carbocycles. The predicted molar refractivity (Wildman–Crippen MR) is 87.3 cm³/mol. The van der Waals surface area contributed by atoms with Gasteiger partial charge < -0.3 is 14.7 Å². The summed E-state index contributed by atoms with van der Waals surface area (Å²) >= 11 is 0. The largest absolute Gasteiger partial charge is 0.490 e. The van der Waals surface area contributed by atoms with Crippen LogP contribution in [0.25, 0.3) is 0 Å². The molecule has 0 bridgehead atoms. The maximum Gasteiger partial charge on any atom is 0.122 e. The van der Waals surface area contributed by atoms with Crippen LogP contribution in [0.5, 0.6) is 11.5 Å². The van der Waals surface area contributed by atoms with Crippen LogP contribution in [0.4, 0.5) is 0 Å². The summed E-state index contributed by atoms with van der Waals surface area (Å²) in [5, 5.41) is 11.4. The highest BCUT2D eigenvalue weighted by atomic mass is 16.5. The van der Waals surface area contributed by atoms with E-state index < -0.39 is 0 Å². The number of hydrogen-bond donors (Lipinski definition) is 1. The minimum Gasteiger partial charge on any atom is -0.490 e. The van der Waals surface area contributed by atoms with Gasteiger partial charge in [0.25, 0.3) is 0 Å². The topological polar surface area (TPSA) is 51.0 Å². The third-order valence-electron chi connectivity index (χ3n) is 3.24. The molecule has 0 fully saturated rings. The number of para-hydroxylation sites is 1. The molecule has 2 aromatic carbocycles. The van der Waals surface area contributed by atoms with E-state index in [1.165, 1.54) is 11.8 Å². The molecule has 0 saturated heterocycles. The molecular weight excluding hydrogens is 278 g/mol. The lowest BCUT2D eigenvalue weighted by Gasteiger charge is -2.14. The van der Waals surface area contributed by atoms with Crippen LogP contribution in [-0.2, 0) is 0 Å². The number of nitrogens with zero attached hydrogens (tertiary/aromatic N) is 1. The highest BCUT2D eigenvalue weighted by Crippen LogP contribution is 2.25. The molecule has 0 atom stereocenters. The summed E-state index contributed by atoms with van der Waals surface area (Å²) in [6, 6.07) is 15.4. The van der Waals surface area contributed by atoms with E-state index in [0.29, 0.717) is 19.1 Å². The first-order chi connectivity index (χ1) is 10.7. The summed E-state index contributed by atoms with van der Waals surface area (Å²) in [4.78, 5) is 0. The minimum atomic E-state index is 0.429. The molecule has 0 radical (unpaired) electrons. The van der Waals surface area contributed by atoms with Crippen molar-refractivity contribution < 1.29 is 14.7 Å². The molecule has 0 aliphatic rings. The van der Waals surface area contributed by atoms with Crippen molar-refractivity contribution in [2.45, 2.75) is 19.8 Å². The predicted octanol–water partition coefficient (Wildman–Crippen LogP) is 4.08. The molecule has 0 amide bonds. The van der Waals surface area contributed by atoms with Gasteiger partial charge in [0.15, 0.2) is 0 Å². The van der Waals surface area contributed by atoms with E-state index in [-0.39, 0.29) is 0 Å². The maximum absolute atomic E-state index is 8.45. The van der Waals surface area contributed by atoms with Crippen LogP contribution in [0.1, 0.15) is 30.9 Å². The van der Waals surface area contributed by atoms with E-state index in [4.69, 9.17) is 14.7 Å². The van der Waals surface area contributed by atoms with Crippen molar-refractivity contribution in [3.05, 3.63) is 59.7 Å². The zero-order valence-corrected chi connectivity index (χ0v) is 12.9. The van der Waals surface area contributed by atoms with Crippen LogP contribution < -0.4 is 9.47 Å². The van der Waals surface area contributed by atoms with Crippen LogP contribution in [0.3, 0.4) is 0 Å². The molecule has 0 aliphatic carbocycles. The zero-order chi connectivity index (χ0) is 15.8. The molecular formula is C18H21NO3. The summed E-state index contributed by atoms with van der Waals surface area (Å²) in [6.45, 7) is 5.26. The van der Waals surface area contributed by atoms with Gasteiger partial charge in [0.05, 0.1) is 6.21 Å². The molecule has 0 heterocycles. The van der Waals surface area contributed by atoms with E-state index >= 15 is 0 Å². The smallest absolute Gasteiger partial charge is 0.122 e. The SMILES string of the molecule is CC(C)c1ccccc1OCCOc1ccc(C=NO)cc1. The Bertz CT molecular complexity index is 606. The van der Waals surface area contributed by atoms with E-state index in [1.54, 1.807) is 0 Å². The van der Waals surface area contributed by atoms with E-state index in [2.05, 4.69) is 25.1 Å². The maximum atomic E-state index is 8.45. The second-order valence-corrected chi connectivity index (χ2v) is 5.20. The van der Waals surface area contributed by atoms with Gasteiger partial charge in [0, 0.05) is 0 Å². The molecule has 22 heavy (non-hydrogen) atoms. The number of rotatable bonds is 7. The standard InChI is InChI=1S/C18H21NO3/c1-14(2)17-5-3-4-6-18(17)22-12-11-21-16-9-7-15(8-10-16)13-19-20/h3-10,13-14,20H,11-12H2,1-2H3. The summed E-state index contributed by atoms with van der Waals surface area (Å²) in [6.07, 6.45) is 1.37. The van der Waals surface area contributed by atoms with Gasteiger partial charge in [-0.15, -0.1) is 0 Å². The summed E-state index contributed by atoms with van der Waals surface area (Å²) in [7, 11) is 0. The molecule has 0 aliphatic heterocycles. The van der Waals surface area contributed by atoms with Gasteiger partial charge in [-0.25, -0.2) is 0 Å². The van der Waals surface area contributed by atoms with Crippen molar-refractivity contribution in [3.8, 4) is 11.5 Å². The first-order valence-electron chi connectivity index (χ1n) is 7.32. The fourth-order valence-electron chi connectivity index (χ4n) is 2.12. The van der Waals surface area contributed by atoms with Crippen LogP contribution in [0.15, 0.2) is 53.7 Å². The highest BCUT2D eigenvalue weighted by molar-refractivity contribution is 5.79. The van der Waals surface area contributed by atoms with Gasteiger partial charge in [-0.3, -0.25) is 0 Å². The van der Waals surface area contributed by atoms with Gasteiger partial charge in [0.1, 0.15) is 24.7 Å². The Balaban J connectivity index is 1.82. The Hall–Kier alpha value is -2.49. The Morgan fingerprint density at radius 2 is 1.68 bits per heavy atom. The average molecular weight is 299 g/mol. The summed E-state index contributed by atoms with van der Waals surface area (Å²) < 4.78 is 11.4. The first kappa shape index (κ1) is 15.9. The van der Waals surface area contributed by atoms with Crippen molar-refractivity contribution in [1.29, 1.82) is 0 Å². The number of oxime groups is 1. The van der Waals surface area contributed by atoms with Crippen LogP contribution in [0, 0.1) is 0 Å². The van der Waals surface area contributed by atoms with Crippen LogP contribution >= 0.6 is 0 Å². The van der Waals surface area contributed by atoms with Crippen LogP contribution in [0.2, 0.25) is 0 Å². The normalized spacial score (nSPS) is 11.0. The third kappa shape index (κ3) is 4.52. The van der Waals surface area contributed by atoms with Gasteiger partial charge in [-0.05, 0) is 47.4 Å². The average Bonchev–Trinajstić information content (AvgIpc) is 2.53. The third-order valence-corrected chi connectivity index (χ3v) is 3.24. The minimum absolute atomic E-state index is 0.429. The molecule has 0 spiro atoms. The quantitative estimate of drug-likeness (QED) is 0.363. The lowest BCUT2D eigenvalue weighted by atomic mass is 10.0. The van der Waals surface area contributed by atoms with E-state index in [0.717, 1.165) is 17.1 Å². The Morgan fingerprint density at radius 3 is 2.36 bits per heavy atom. The van der Waals surface area contributed by atoms with Crippen molar-refractivity contribution in [2.24, 2.45) is 5.16 Å². The Morgan fingerprint density at radius 1 is 1.00 bits per heavy atom. The van der Waals surface area contributed by atoms with Gasteiger partial charge in [-0.2, -0.15) is 0 Å². The molecule has 2 aromatic rings. The second-order valence-electron chi connectivity index (χ2n) is 5.20. The molecule has 0 unspecified atom stereocenters. The Kier molecular flexibility index (Phi) is 5.83.